The zero-order valence-corrected chi connectivity index (χ0v) is 11.3. The van der Waals surface area contributed by atoms with E-state index in [4.69, 9.17) is 0 Å². The first-order valence-corrected chi connectivity index (χ1v) is 6.36. The number of rotatable bonds is 3. The van der Waals surface area contributed by atoms with Gasteiger partial charge in [-0.1, -0.05) is 32.1 Å². The average molecular weight is 244 g/mol. The molecule has 2 rings (SSSR count). The van der Waals surface area contributed by atoms with Gasteiger partial charge in [-0.25, -0.2) is 0 Å². The summed E-state index contributed by atoms with van der Waals surface area (Å²) < 4.78 is 0. The Morgan fingerprint density at radius 1 is 1.28 bits per heavy atom. The van der Waals surface area contributed by atoms with E-state index in [1.807, 2.05) is 31.0 Å². The Hall–Kier alpha value is -1.77. The fraction of sp³-hybridized carbons (Fsp3) is 0.400. The molecule has 96 valence electrons. The Morgan fingerprint density at radius 2 is 1.89 bits per heavy atom. The average Bonchev–Trinajstić information content (AvgIpc) is 2.54. The lowest BCUT2D eigenvalue weighted by molar-refractivity contribution is -0.116. The molecule has 3 nitrogen and oxygen atoms in total. The number of aryl methyl sites for hydroxylation is 1. The number of benzene rings is 1. The lowest BCUT2D eigenvalue weighted by Gasteiger charge is -2.32. The summed E-state index contributed by atoms with van der Waals surface area (Å²) in [5.74, 6) is -0.0994. The number of hydrogen-bond donors (Lipinski definition) is 1. The summed E-state index contributed by atoms with van der Waals surface area (Å²) >= 11 is 0. The van der Waals surface area contributed by atoms with Gasteiger partial charge in [0.05, 0.1) is 11.2 Å². The predicted octanol–water partition coefficient (Wildman–Crippen LogP) is 2.83. The van der Waals surface area contributed by atoms with Crippen molar-refractivity contribution < 1.29 is 4.79 Å². The molecule has 1 aliphatic rings. The molecule has 1 N–H and O–H groups in total. The van der Waals surface area contributed by atoms with Gasteiger partial charge in [0.1, 0.15) is 0 Å². The van der Waals surface area contributed by atoms with Crippen molar-refractivity contribution in [1.29, 1.82) is 0 Å². The van der Waals surface area contributed by atoms with E-state index in [1.165, 1.54) is 5.56 Å². The summed E-state index contributed by atoms with van der Waals surface area (Å²) in [4.78, 5) is 11.7. The standard InChI is InChI=1S/C15H20N2O/c1-5-6-12-7-9-13(10-8-12)17-15(3,4)11(2)14(18)16-17/h7-10H,2,5-6H2,1,3-4H3,(H,16,18). The highest BCUT2D eigenvalue weighted by molar-refractivity contribution is 6.00. The zero-order valence-electron chi connectivity index (χ0n) is 11.3. The molecule has 1 amide bonds. The first-order valence-electron chi connectivity index (χ1n) is 6.36. The summed E-state index contributed by atoms with van der Waals surface area (Å²) in [6.07, 6.45) is 2.23. The first kappa shape index (κ1) is 12.7. The number of amides is 1. The van der Waals surface area contributed by atoms with Gasteiger partial charge in [-0.15, -0.1) is 0 Å². The summed E-state index contributed by atoms with van der Waals surface area (Å²) in [5, 5.41) is 1.88. The summed E-state index contributed by atoms with van der Waals surface area (Å²) in [5.41, 5.74) is 5.38. The summed E-state index contributed by atoms with van der Waals surface area (Å²) in [6, 6.07) is 8.32. The number of hydrazine groups is 1. The van der Waals surface area contributed by atoms with Crippen molar-refractivity contribution in [2.24, 2.45) is 0 Å². The molecule has 0 spiro atoms. The van der Waals surface area contributed by atoms with Crippen LogP contribution in [0.2, 0.25) is 0 Å². The van der Waals surface area contributed by atoms with E-state index in [9.17, 15) is 4.79 Å². The quantitative estimate of drug-likeness (QED) is 0.829. The first-order chi connectivity index (χ1) is 8.46. The maximum absolute atomic E-state index is 11.7. The number of hydrogen-bond acceptors (Lipinski definition) is 2. The van der Waals surface area contributed by atoms with E-state index in [0.29, 0.717) is 5.57 Å². The minimum Gasteiger partial charge on any atom is -0.275 e. The molecule has 18 heavy (non-hydrogen) atoms. The monoisotopic (exact) mass is 244 g/mol. The molecule has 0 unspecified atom stereocenters. The van der Waals surface area contributed by atoms with Crippen LogP contribution in [0.3, 0.4) is 0 Å². The summed E-state index contributed by atoms with van der Waals surface area (Å²) in [6.45, 7) is 10.0. The van der Waals surface area contributed by atoms with Gasteiger partial charge in [-0.05, 0) is 38.0 Å². The van der Waals surface area contributed by atoms with Gasteiger partial charge < -0.3 is 0 Å². The Morgan fingerprint density at radius 3 is 2.33 bits per heavy atom. The van der Waals surface area contributed by atoms with Gasteiger partial charge in [0.15, 0.2) is 0 Å². The van der Waals surface area contributed by atoms with Gasteiger partial charge >= 0.3 is 0 Å². The maximum atomic E-state index is 11.7. The number of carbonyl (C=O) groups excluding carboxylic acids is 1. The molecule has 1 aromatic rings. The molecule has 0 bridgehead atoms. The maximum Gasteiger partial charge on any atom is 0.267 e. The van der Waals surface area contributed by atoms with Crippen molar-refractivity contribution in [3.8, 4) is 0 Å². The van der Waals surface area contributed by atoms with Crippen LogP contribution >= 0.6 is 0 Å². The third kappa shape index (κ3) is 2.01. The molecule has 1 aliphatic heterocycles. The second-order valence-corrected chi connectivity index (χ2v) is 5.23. The highest BCUT2D eigenvalue weighted by Crippen LogP contribution is 2.32. The minimum absolute atomic E-state index is 0.0994. The van der Waals surface area contributed by atoms with Crippen LogP contribution in [-0.2, 0) is 11.2 Å². The van der Waals surface area contributed by atoms with Crippen LogP contribution in [0.25, 0.3) is 0 Å². The highest BCUT2D eigenvalue weighted by Gasteiger charge is 2.41. The van der Waals surface area contributed by atoms with E-state index in [2.05, 4.69) is 31.1 Å². The molecule has 0 aliphatic carbocycles. The van der Waals surface area contributed by atoms with Crippen molar-refractivity contribution in [3.05, 3.63) is 42.0 Å². The Balaban J connectivity index is 2.27. The SMILES string of the molecule is C=C1C(=O)NN(c2ccc(CCC)cc2)C1(C)C. The van der Waals surface area contributed by atoms with E-state index >= 15 is 0 Å². The molecule has 1 aromatic carbocycles. The Kier molecular flexibility index (Phi) is 3.16. The van der Waals surface area contributed by atoms with Gasteiger partial charge in [-0.3, -0.25) is 15.2 Å². The number of anilines is 1. The van der Waals surface area contributed by atoms with E-state index in [-0.39, 0.29) is 11.4 Å². The predicted molar refractivity (Wildman–Crippen MR) is 74.3 cm³/mol. The van der Waals surface area contributed by atoms with Crippen molar-refractivity contribution in [2.75, 3.05) is 5.01 Å². The van der Waals surface area contributed by atoms with Crippen LogP contribution in [-0.4, -0.2) is 11.4 Å². The van der Waals surface area contributed by atoms with Gasteiger partial charge in [0.2, 0.25) is 0 Å². The van der Waals surface area contributed by atoms with Crippen LogP contribution in [0.1, 0.15) is 32.8 Å². The third-order valence-corrected chi connectivity index (χ3v) is 3.52. The van der Waals surface area contributed by atoms with Crippen molar-refractivity contribution >= 4 is 11.6 Å². The lowest BCUT2D eigenvalue weighted by atomic mass is 9.96. The van der Waals surface area contributed by atoms with Gasteiger partial charge in [-0.2, -0.15) is 0 Å². The third-order valence-electron chi connectivity index (χ3n) is 3.52. The smallest absolute Gasteiger partial charge is 0.267 e. The second-order valence-electron chi connectivity index (χ2n) is 5.23. The summed E-state index contributed by atoms with van der Waals surface area (Å²) in [7, 11) is 0. The van der Waals surface area contributed by atoms with E-state index < -0.39 is 0 Å². The van der Waals surface area contributed by atoms with Gasteiger partial charge in [0.25, 0.3) is 5.91 Å². The molecular weight excluding hydrogens is 224 g/mol. The lowest BCUT2D eigenvalue weighted by Crippen LogP contribution is -2.44. The molecule has 0 atom stereocenters. The Labute approximate surface area is 108 Å². The zero-order chi connectivity index (χ0) is 13.3. The molecule has 0 saturated carbocycles. The van der Waals surface area contributed by atoms with Crippen LogP contribution in [0, 0.1) is 0 Å². The normalized spacial score (nSPS) is 18.1. The van der Waals surface area contributed by atoms with Crippen molar-refractivity contribution in [2.45, 2.75) is 39.2 Å². The van der Waals surface area contributed by atoms with Crippen LogP contribution in [0.4, 0.5) is 5.69 Å². The fourth-order valence-corrected chi connectivity index (χ4v) is 2.21. The highest BCUT2D eigenvalue weighted by atomic mass is 16.2. The fourth-order valence-electron chi connectivity index (χ4n) is 2.21. The Bertz CT molecular complexity index is 474. The molecular formula is C15H20N2O. The van der Waals surface area contributed by atoms with E-state index in [0.717, 1.165) is 18.5 Å². The van der Waals surface area contributed by atoms with Gasteiger partial charge in [0, 0.05) is 5.57 Å². The topological polar surface area (TPSA) is 32.3 Å². The second kappa shape index (κ2) is 4.48. The van der Waals surface area contributed by atoms with Crippen molar-refractivity contribution in [3.63, 3.8) is 0 Å². The largest absolute Gasteiger partial charge is 0.275 e. The van der Waals surface area contributed by atoms with E-state index in [1.54, 1.807) is 0 Å². The number of nitrogens with zero attached hydrogens (tertiary/aromatic N) is 1. The molecule has 1 fully saturated rings. The molecule has 0 radical (unpaired) electrons. The molecule has 3 heteroatoms. The molecule has 1 saturated heterocycles. The van der Waals surface area contributed by atoms with Crippen molar-refractivity contribution in [1.82, 2.24) is 5.43 Å². The number of carbonyl (C=O) groups is 1. The van der Waals surface area contributed by atoms with Crippen LogP contribution < -0.4 is 10.4 Å². The molecule has 1 heterocycles. The molecule has 0 aromatic heterocycles. The number of nitrogens with one attached hydrogen (secondary N) is 1. The van der Waals surface area contributed by atoms with Crippen LogP contribution in [0.15, 0.2) is 36.4 Å². The van der Waals surface area contributed by atoms with Crippen LogP contribution in [0.5, 0.6) is 0 Å². The minimum atomic E-state index is -0.386.